The number of hydrogen-bond donors (Lipinski definition) is 1. The Morgan fingerprint density at radius 2 is 1.66 bits per heavy atom. The van der Waals surface area contributed by atoms with Gasteiger partial charge in [-0.2, -0.15) is 0 Å². The van der Waals surface area contributed by atoms with Gasteiger partial charge in [0, 0.05) is 7.11 Å². The number of ether oxygens (including phenoxy) is 2. The van der Waals surface area contributed by atoms with Gasteiger partial charge in [-0.25, -0.2) is 0 Å². The van der Waals surface area contributed by atoms with Crippen LogP contribution < -0.4 is 9.62 Å². The summed E-state index contributed by atoms with van der Waals surface area (Å²) in [5.41, 5.74) is 5.14. The van der Waals surface area contributed by atoms with Crippen LogP contribution >= 0.6 is 7.60 Å². The lowest BCUT2D eigenvalue weighted by molar-refractivity contribution is -0.111. The monoisotopic (exact) mass is 464 g/mol. The van der Waals surface area contributed by atoms with Crippen LogP contribution in [0.15, 0.2) is 30.3 Å². The summed E-state index contributed by atoms with van der Waals surface area (Å²) in [6.45, 7) is 12.3. The van der Waals surface area contributed by atoms with E-state index in [1.165, 1.54) is 11.1 Å². The minimum Gasteiger partial charge on any atom is -0.467 e. The highest BCUT2D eigenvalue weighted by Crippen LogP contribution is 2.50. The van der Waals surface area contributed by atoms with Crippen LogP contribution in [0.4, 0.5) is 0 Å². The fourth-order valence-corrected chi connectivity index (χ4v) is 5.04. The van der Waals surface area contributed by atoms with E-state index in [9.17, 15) is 9.46 Å². The Balaban J connectivity index is 2.20. The predicted molar refractivity (Wildman–Crippen MR) is 128 cm³/mol. The van der Waals surface area contributed by atoms with E-state index in [1.807, 2.05) is 45.9 Å². The molecule has 0 aromatic heterocycles. The Labute approximate surface area is 192 Å². The summed E-state index contributed by atoms with van der Waals surface area (Å²) in [7, 11) is -2.23. The van der Waals surface area contributed by atoms with Crippen LogP contribution in [-0.4, -0.2) is 24.5 Å². The molecule has 0 aliphatic heterocycles. The third-order valence-electron chi connectivity index (χ3n) is 5.72. The zero-order valence-electron chi connectivity index (χ0n) is 20.3. The molecule has 32 heavy (non-hydrogen) atoms. The highest BCUT2D eigenvalue weighted by molar-refractivity contribution is 7.53. The average molecular weight is 465 g/mol. The van der Waals surface area contributed by atoms with Gasteiger partial charge in [-0.1, -0.05) is 44.5 Å². The molecule has 2 rings (SSSR count). The Kier molecular flexibility index (Phi) is 9.78. The quantitative estimate of drug-likeness (QED) is 0.163. The van der Waals surface area contributed by atoms with Gasteiger partial charge in [0.2, 0.25) is 0 Å². The maximum absolute atomic E-state index is 12.4. The molecule has 0 saturated heterocycles. The second-order valence-electron chi connectivity index (χ2n) is 8.48. The van der Waals surface area contributed by atoms with Gasteiger partial charge in [-0.3, -0.25) is 4.57 Å². The van der Waals surface area contributed by atoms with Crippen molar-refractivity contribution in [3.63, 3.8) is 0 Å². The molecule has 0 fully saturated rings. The van der Waals surface area contributed by atoms with Gasteiger partial charge in [0.25, 0.3) is 0 Å². The predicted octanol–water partition coefficient (Wildman–Crippen LogP) is 6.68. The van der Waals surface area contributed by atoms with Crippen LogP contribution in [0.5, 0.6) is 11.5 Å². The van der Waals surface area contributed by atoms with E-state index in [1.54, 1.807) is 7.11 Å². The second kappa shape index (κ2) is 11.9. The van der Waals surface area contributed by atoms with Gasteiger partial charge >= 0.3 is 7.60 Å². The first-order valence-corrected chi connectivity index (χ1v) is 12.8. The first-order valence-electron chi connectivity index (χ1n) is 11.2. The molecule has 178 valence electrons. The summed E-state index contributed by atoms with van der Waals surface area (Å²) in [6, 6.07) is 9.93. The average Bonchev–Trinajstić information content (AvgIpc) is 2.74. The Morgan fingerprint density at radius 1 is 1.03 bits per heavy atom. The highest BCUT2D eigenvalue weighted by Gasteiger charge is 2.31. The summed E-state index contributed by atoms with van der Waals surface area (Å²) >= 11 is 0. The number of methoxy groups -OCH3 is 1. The largest absolute Gasteiger partial charge is 0.467 e. The fraction of sp³-hybridized carbons (Fsp3) is 0.520. The van der Waals surface area contributed by atoms with Gasteiger partial charge in [0.15, 0.2) is 12.5 Å². The van der Waals surface area contributed by atoms with E-state index >= 15 is 0 Å². The summed E-state index contributed by atoms with van der Waals surface area (Å²) in [5, 5.41) is 0. The Morgan fingerprint density at radius 3 is 2.19 bits per heavy atom. The number of rotatable bonds is 12. The van der Waals surface area contributed by atoms with Crippen molar-refractivity contribution in [3.8, 4) is 11.5 Å². The Bertz CT molecular complexity index is 913. The van der Waals surface area contributed by atoms with Crippen LogP contribution in [0.1, 0.15) is 74.3 Å². The molecule has 0 radical (unpaired) electrons. The molecule has 1 atom stereocenters. The zero-order chi connectivity index (χ0) is 23.9. The van der Waals surface area contributed by atoms with Gasteiger partial charge in [0.05, 0.1) is 5.66 Å². The summed E-state index contributed by atoms with van der Waals surface area (Å²) < 4.78 is 28.1. The van der Waals surface area contributed by atoms with Crippen LogP contribution in [0, 0.1) is 13.8 Å². The van der Waals surface area contributed by atoms with Crippen molar-refractivity contribution in [1.29, 1.82) is 0 Å². The molecule has 0 bridgehead atoms. The van der Waals surface area contributed by atoms with Crippen molar-refractivity contribution < 1.29 is 28.5 Å². The number of aryl methyl sites for hydroxylation is 2. The topological polar surface area (TPSA) is 74.2 Å². The van der Waals surface area contributed by atoms with Crippen molar-refractivity contribution in [3.05, 3.63) is 58.1 Å². The fourth-order valence-electron chi connectivity index (χ4n) is 3.81. The molecule has 0 spiro atoms. The normalized spacial score (nSPS) is 13.4. The van der Waals surface area contributed by atoms with E-state index in [0.29, 0.717) is 24.5 Å². The molecule has 1 unspecified atom stereocenters. The number of hydrogen-bond acceptors (Lipinski definition) is 5. The van der Waals surface area contributed by atoms with E-state index in [0.717, 1.165) is 28.9 Å². The smallest absolute Gasteiger partial charge is 0.369 e. The first kappa shape index (κ1) is 26.4. The molecule has 2 aromatic carbocycles. The minimum atomic E-state index is -3.84. The third-order valence-corrected chi connectivity index (χ3v) is 7.66. The SMILES string of the molecule is CCC(CC)P(=O)(O)OOc1cc(C)c(Cc2ccc(OCOC)c(C(C)C)c2)c(C)c1. The Hall–Kier alpha value is -1.85. The van der Waals surface area contributed by atoms with Crippen LogP contribution in [0.25, 0.3) is 0 Å². The molecule has 0 aliphatic rings. The molecule has 2 aromatic rings. The van der Waals surface area contributed by atoms with Gasteiger partial charge in [-0.05, 0) is 85.0 Å². The van der Waals surface area contributed by atoms with Gasteiger partial charge < -0.3 is 19.3 Å². The van der Waals surface area contributed by atoms with Gasteiger partial charge in [-0.15, -0.1) is 0 Å². The van der Waals surface area contributed by atoms with Crippen molar-refractivity contribution in [2.45, 2.75) is 72.4 Å². The molecular formula is C25H37O6P. The van der Waals surface area contributed by atoms with Crippen LogP contribution in [0.2, 0.25) is 0 Å². The van der Waals surface area contributed by atoms with E-state index < -0.39 is 13.3 Å². The highest BCUT2D eigenvalue weighted by atomic mass is 31.2. The van der Waals surface area contributed by atoms with Crippen molar-refractivity contribution in [2.24, 2.45) is 0 Å². The zero-order valence-corrected chi connectivity index (χ0v) is 21.2. The molecule has 0 saturated carbocycles. The molecular weight excluding hydrogens is 427 g/mol. The molecule has 6 nitrogen and oxygen atoms in total. The lowest BCUT2D eigenvalue weighted by Gasteiger charge is -2.19. The first-order chi connectivity index (χ1) is 15.1. The van der Waals surface area contributed by atoms with Crippen molar-refractivity contribution in [1.82, 2.24) is 0 Å². The minimum absolute atomic E-state index is 0.221. The number of benzene rings is 2. The second-order valence-corrected chi connectivity index (χ2v) is 10.5. The molecule has 0 heterocycles. The molecule has 1 N–H and O–H groups in total. The van der Waals surface area contributed by atoms with Crippen molar-refractivity contribution in [2.75, 3.05) is 13.9 Å². The standard InChI is InChI=1S/C25H37O6P/c1-8-22(9-2)32(26,27)31-30-21-12-18(5)24(19(6)13-21)15-20-10-11-25(29-16-28-7)23(14-20)17(3)4/h10-14,17,22H,8-9,15-16H2,1-7H3,(H,26,27). The molecule has 0 amide bonds. The molecule has 0 aliphatic carbocycles. The van der Waals surface area contributed by atoms with E-state index in [4.69, 9.17) is 19.0 Å². The van der Waals surface area contributed by atoms with Crippen LogP contribution in [-0.2, 0) is 20.4 Å². The van der Waals surface area contributed by atoms with E-state index in [2.05, 4.69) is 26.0 Å². The van der Waals surface area contributed by atoms with Crippen LogP contribution in [0.3, 0.4) is 0 Å². The molecule has 7 heteroatoms. The lowest BCUT2D eigenvalue weighted by Crippen LogP contribution is -2.10. The lowest BCUT2D eigenvalue weighted by atomic mass is 9.93. The van der Waals surface area contributed by atoms with E-state index in [-0.39, 0.29) is 6.79 Å². The van der Waals surface area contributed by atoms with Crippen molar-refractivity contribution >= 4 is 7.60 Å². The maximum Gasteiger partial charge on any atom is 0.369 e. The third kappa shape index (κ3) is 6.82. The van der Waals surface area contributed by atoms with Gasteiger partial charge in [0.1, 0.15) is 5.75 Å². The summed E-state index contributed by atoms with van der Waals surface area (Å²) in [5.74, 6) is 1.59. The summed E-state index contributed by atoms with van der Waals surface area (Å²) in [4.78, 5) is 15.4. The summed E-state index contributed by atoms with van der Waals surface area (Å²) in [6.07, 6.45) is 1.87. The maximum atomic E-state index is 12.4.